The Kier molecular flexibility index (Phi) is 3.54. The van der Waals surface area contributed by atoms with E-state index in [9.17, 15) is 4.79 Å². The Morgan fingerprint density at radius 2 is 2.10 bits per heavy atom. The third kappa shape index (κ3) is 2.53. The molecule has 0 unspecified atom stereocenters. The highest BCUT2D eigenvalue weighted by Gasteiger charge is 2.07. The molecule has 3 nitrogen and oxygen atoms in total. The minimum absolute atomic E-state index is 0.185. The summed E-state index contributed by atoms with van der Waals surface area (Å²) in [6.07, 6.45) is 1.63. The summed E-state index contributed by atoms with van der Waals surface area (Å²) in [4.78, 5) is 10.6. The summed E-state index contributed by atoms with van der Waals surface area (Å²) < 4.78 is 0. The van der Waals surface area contributed by atoms with Crippen LogP contribution in [0.4, 0.5) is 0 Å². The van der Waals surface area contributed by atoms with E-state index in [2.05, 4.69) is 5.32 Å². The van der Waals surface area contributed by atoms with Gasteiger partial charge in [0.2, 0.25) is 5.91 Å². The molecule has 0 aromatic rings. The molecule has 10 heavy (non-hydrogen) atoms. The van der Waals surface area contributed by atoms with Crippen LogP contribution in [-0.2, 0) is 4.79 Å². The van der Waals surface area contributed by atoms with E-state index in [0.29, 0.717) is 5.57 Å². The molecule has 0 bridgehead atoms. The molecular weight excluding hydrogens is 128 g/mol. The summed E-state index contributed by atoms with van der Waals surface area (Å²) in [5.41, 5.74) is 5.70. The normalized spacial score (nSPS) is 11.8. The molecule has 0 rings (SSSR count). The van der Waals surface area contributed by atoms with Gasteiger partial charge in [-0.3, -0.25) is 4.79 Å². The van der Waals surface area contributed by atoms with E-state index < -0.39 is 0 Å². The van der Waals surface area contributed by atoms with Crippen LogP contribution in [0.25, 0.3) is 0 Å². The van der Waals surface area contributed by atoms with E-state index >= 15 is 0 Å². The van der Waals surface area contributed by atoms with E-state index in [1.807, 2.05) is 13.8 Å². The Morgan fingerprint density at radius 1 is 1.60 bits per heavy atom. The van der Waals surface area contributed by atoms with Crippen molar-refractivity contribution in [2.45, 2.75) is 13.8 Å². The first-order chi connectivity index (χ1) is 4.59. The fourth-order valence-corrected chi connectivity index (χ4v) is 0.678. The fourth-order valence-electron chi connectivity index (χ4n) is 0.678. The number of primary amides is 1. The molecule has 3 N–H and O–H groups in total. The highest BCUT2D eigenvalue weighted by molar-refractivity contribution is 5.92. The molecule has 0 aliphatic carbocycles. The van der Waals surface area contributed by atoms with Gasteiger partial charge in [-0.1, -0.05) is 13.8 Å². The Hall–Kier alpha value is -0.990. The van der Waals surface area contributed by atoms with Gasteiger partial charge >= 0.3 is 0 Å². The van der Waals surface area contributed by atoms with Crippen molar-refractivity contribution in [1.82, 2.24) is 5.32 Å². The predicted molar refractivity (Wildman–Crippen MR) is 41.2 cm³/mol. The molecule has 0 aromatic heterocycles. The lowest BCUT2D eigenvalue weighted by Crippen LogP contribution is -2.19. The largest absolute Gasteiger partial charge is 0.394 e. The number of amides is 1. The van der Waals surface area contributed by atoms with Crippen LogP contribution in [-0.4, -0.2) is 13.0 Å². The maximum absolute atomic E-state index is 10.6. The third-order valence-electron chi connectivity index (χ3n) is 1.21. The predicted octanol–water partition coefficient (Wildman–Crippen LogP) is 0.231. The summed E-state index contributed by atoms with van der Waals surface area (Å²) in [5.74, 6) is -0.172. The summed E-state index contributed by atoms with van der Waals surface area (Å²) in [7, 11) is 1.74. The van der Waals surface area contributed by atoms with Gasteiger partial charge in [0.25, 0.3) is 0 Å². The lowest BCUT2D eigenvalue weighted by molar-refractivity contribution is -0.115. The molecule has 0 spiro atoms. The van der Waals surface area contributed by atoms with Gasteiger partial charge in [-0.2, -0.15) is 0 Å². The summed E-state index contributed by atoms with van der Waals surface area (Å²) in [6, 6.07) is 0. The zero-order chi connectivity index (χ0) is 8.15. The van der Waals surface area contributed by atoms with Crippen LogP contribution in [0.2, 0.25) is 0 Å². The molecule has 58 valence electrons. The standard InChI is InChI=1S/C7H14N2O/c1-5(2)6(4-9-3)7(8)10/h4-5,9H,1-3H3,(H2,8,10)/b6-4-. The van der Waals surface area contributed by atoms with Crippen LogP contribution in [0, 0.1) is 5.92 Å². The van der Waals surface area contributed by atoms with Crippen LogP contribution < -0.4 is 11.1 Å². The van der Waals surface area contributed by atoms with Crippen LogP contribution in [0.5, 0.6) is 0 Å². The molecule has 0 aliphatic heterocycles. The maximum Gasteiger partial charge on any atom is 0.246 e. The van der Waals surface area contributed by atoms with Gasteiger partial charge in [-0.05, 0) is 5.92 Å². The SMILES string of the molecule is CN/C=C(\C(N)=O)C(C)C. The van der Waals surface area contributed by atoms with Crippen molar-refractivity contribution < 1.29 is 4.79 Å². The molecule has 0 aliphatic rings. The van der Waals surface area contributed by atoms with Crippen LogP contribution in [0.3, 0.4) is 0 Å². The molecule has 0 atom stereocenters. The Labute approximate surface area is 61.3 Å². The van der Waals surface area contributed by atoms with Gasteiger partial charge in [0, 0.05) is 18.8 Å². The van der Waals surface area contributed by atoms with Gasteiger partial charge in [-0.15, -0.1) is 0 Å². The summed E-state index contributed by atoms with van der Waals surface area (Å²) >= 11 is 0. The zero-order valence-corrected chi connectivity index (χ0v) is 6.64. The monoisotopic (exact) mass is 142 g/mol. The van der Waals surface area contributed by atoms with Crippen molar-refractivity contribution in [1.29, 1.82) is 0 Å². The van der Waals surface area contributed by atoms with E-state index in [1.54, 1.807) is 13.2 Å². The first kappa shape index (κ1) is 9.01. The van der Waals surface area contributed by atoms with Gasteiger partial charge in [0.1, 0.15) is 0 Å². The quantitative estimate of drug-likeness (QED) is 0.554. The number of hydrogen-bond donors (Lipinski definition) is 2. The molecule has 3 heteroatoms. The molecule has 0 saturated carbocycles. The lowest BCUT2D eigenvalue weighted by Gasteiger charge is -2.05. The third-order valence-corrected chi connectivity index (χ3v) is 1.21. The van der Waals surface area contributed by atoms with E-state index in [-0.39, 0.29) is 11.8 Å². The molecule has 1 amide bonds. The van der Waals surface area contributed by atoms with Crippen molar-refractivity contribution in [3.8, 4) is 0 Å². The second-order valence-corrected chi connectivity index (χ2v) is 2.41. The molecule has 0 fully saturated rings. The molecule has 0 heterocycles. The average Bonchev–Trinajstić information content (AvgIpc) is 1.81. The van der Waals surface area contributed by atoms with Crippen LogP contribution in [0.1, 0.15) is 13.8 Å². The number of nitrogens with two attached hydrogens (primary N) is 1. The van der Waals surface area contributed by atoms with Crippen molar-refractivity contribution in [2.75, 3.05) is 7.05 Å². The number of carbonyl (C=O) groups is 1. The minimum atomic E-state index is -0.357. The van der Waals surface area contributed by atoms with Crippen LogP contribution in [0.15, 0.2) is 11.8 Å². The number of hydrogen-bond acceptors (Lipinski definition) is 2. The Bertz CT molecular complexity index is 150. The fraction of sp³-hybridized carbons (Fsp3) is 0.571. The Morgan fingerprint density at radius 3 is 2.20 bits per heavy atom. The smallest absolute Gasteiger partial charge is 0.246 e. The van der Waals surface area contributed by atoms with Crippen LogP contribution >= 0.6 is 0 Å². The Balaban J connectivity index is 4.27. The average molecular weight is 142 g/mol. The van der Waals surface area contributed by atoms with Gasteiger partial charge in [-0.25, -0.2) is 0 Å². The zero-order valence-electron chi connectivity index (χ0n) is 6.64. The van der Waals surface area contributed by atoms with Gasteiger partial charge in [0.15, 0.2) is 0 Å². The molecule has 0 saturated heterocycles. The second-order valence-electron chi connectivity index (χ2n) is 2.41. The van der Waals surface area contributed by atoms with Gasteiger partial charge in [0.05, 0.1) is 0 Å². The summed E-state index contributed by atoms with van der Waals surface area (Å²) in [6.45, 7) is 3.85. The second kappa shape index (κ2) is 3.93. The lowest BCUT2D eigenvalue weighted by atomic mass is 10.0. The maximum atomic E-state index is 10.6. The molecule has 0 radical (unpaired) electrons. The number of rotatable bonds is 3. The molecular formula is C7H14N2O. The highest BCUT2D eigenvalue weighted by Crippen LogP contribution is 2.06. The van der Waals surface area contributed by atoms with Crippen molar-refractivity contribution in [3.05, 3.63) is 11.8 Å². The topological polar surface area (TPSA) is 55.1 Å². The minimum Gasteiger partial charge on any atom is -0.394 e. The first-order valence-corrected chi connectivity index (χ1v) is 3.26. The van der Waals surface area contributed by atoms with Crippen molar-refractivity contribution in [2.24, 2.45) is 11.7 Å². The van der Waals surface area contributed by atoms with E-state index in [0.717, 1.165) is 0 Å². The van der Waals surface area contributed by atoms with Crippen molar-refractivity contribution >= 4 is 5.91 Å². The first-order valence-electron chi connectivity index (χ1n) is 3.26. The number of carbonyl (C=O) groups excluding carboxylic acids is 1. The van der Waals surface area contributed by atoms with E-state index in [4.69, 9.17) is 5.73 Å². The summed E-state index contributed by atoms with van der Waals surface area (Å²) in [5, 5.41) is 2.77. The number of nitrogens with one attached hydrogen (secondary N) is 1. The van der Waals surface area contributed by atoms with Gasteiger partial charge < -0.3 is 11.1 Å². The van der Waals surface area contributed by atoms with E-state index in [1.165, 1.54) is 0 Å². The van der Waals surface area contributed by atoms with Crippen molar-refractivity contribution in [3.63, 3.8) is 0 Å². The highest BCUT2D eigenvalue weighted by atomic mass is 16.1. The molecule has 0 aromatic carbocycles.